The van der Waals surface area contributed by atoms with E-state index < -0.39 is 17.2 Å². The molecule has 2 aliphatic heterocycles. The molecular formula is C30H35F2N5O2. The maximum absolute atomic E-state index is 14.3. The number of benzene rings is 2. The first-order valence-electron chi connectivity index (χ1n) is 13.8. The molecule has 1 amide bonds. The molecule has 2 atom stereocenters. The number of nitrogens with one attached hydrogen (secondary N) is 1. The van der Waals surface area contributed by atoms with Gasteiger partial charge in [0.1, 0.15) is 6.17 Å². The first-order chi connectivity index (χ1) is 18.6. The van der Waals surface area contributed by atoms with Crippen LogP contribution in [0.4, 0.5) is 25.8 Å². The summed E-state index contributed by atoms with van der Waals surface area (Å²) in [5.74, 6) is -1.98. The number of aryl methyl sites for hydroxylation is 2. The van der Waals surface area contributed by atoms with Crippen molar-refractivity contribution in [1.82, 2.24) is 9.78 Å². The van der Waals surface area contributed by atoms with E-state index in [4.69, 9.17) is 0 Å². The van der Waals surface area contributed by atoms with E-state index in [0.29, 0.717) is 24.9 Å². The number of nitrogens with zero attached hydrogens (tertiary/aromatic N) is 4. The van der Waals surface area contributed by atoms with Crippen molar-refractivity contribution in [3.05, 3.63) is 59.8 Å². The van der Waals surface area contributed by atoms with Crippen LogP contribution in [0.2, 0.25) is 0 Å². The number of fused-ring (bicyclic) bond motifs is 1. The lowest BCUT2D eigenvalue weighted by Gasteiger charge is -2.47. The molecule has 0 spiro atoms. The van der Waals surface area contributed by atoms with Gasteiger partial charge in [-0.3, -0.25) is 9.48 Å². The molecule has 3 aliphatic rings. The molecule has 7 nitrogen and oxygen atoms in total. The largest absolute Gasteiger partial charge is 0.390 e. The Morgan fingerprint density at radius 3 is 2.54 bits per heavy atom. The first-order valence-corrected chi connectivity index (χ1v) is 13.8. The Kier molecular flexibility index (Phi) is 6.37. The minimum atomic E-state index is -0.963. The number of hydrogen-bond donors (Lipinski definition) is 2. The third-order valence-corrected chi connectivity index (χ3v) is 8.74. The Morgan fingerprint density at radius 2 is 1.85 bits per heavy atom. The third kappa shape index (κ3) is 4.56. The van der Waals surface area contributed by atoms with Crippen LogP contribution in [-0.2, 0) is 11.8 Å². The second-order valence-electron chi connectivity index (χ2n) is 11.6. The number of piperidine rings is 1. The molecule has 1 saturated carbocycles. The molecule has 1 saturated heterocycles. The molecule has 6 rings (SSSR count). The summed E-state index contributed by atoms with van der Waals surface area (Å²) >= 11 is 0. The molecular weight excluding hydrogens is 500 g/mol. The van der Waals surface area contributed by atoms with Gasteiger partial charge in [-0.1, -0.05) is 6.07 Å². The fourth-order valence-electron chi connectivity index (χ4n) is 6.74. The highest BCUT2D eigenvalue weighted by Gasteiger charge is 2.45. The number of hydrogen-bond acceptors (Lipinski definition) is 5. The molecule has 39 heavy (non-hydrogen) atoms. The Labute approximate surface area is 227 Å². The summed E-state index contributed by atoms with van der Waals surface area (Å²) in [5.41, 5.74) is 4.89. The average molecular weight is 536 g/mol. The van der Waals surface area contributed by atoms with Gasteiger partial charge in [-0.05, 0) is 82.2 Å². The monoisotopic (exact) mass is 535 g/mol. The van der Waals surface area contributed by atoms with Crippen LogP contribution in [0.1, 0.15) is 57.4 Å². The van der Waals surface area contributed by atoms with Crippen LogP contribution >= 0.6 is 0 Å². The zero-order valence-corrected chi connectivity index (χ0v) is 22.6. The number of aliphatic hydroxyl groups is 1. The molecule has 206 valence electrons. The lowest BCUT2D eigenvalue weighted by molar-refractivity contribution is -0.120. The summed E-state index contributed by atoms with van der Waals surface area (Å²) in [4.78, 5) is 17.3. The summed E-state index contributed by atoms with van der Waals surface area (Å²) in [7, 11) is 1.93. The van der Waals surface area contributed by atoms with Gasteiger partial charge in [-0.15, -0.1) is 0 Å². The SMILES string of the molecule is Cc1cnn(C)c1-c1ccc2c(c1)N[C@@H](C1CCCC(=O)N1c1ccc(F)c(F)c1)N2C1CCC(C)(O)CC1. The predicted molar refractivity (Wildman–Crippen MR) is 148 cm³/mol. The second-order valence-corrected chi connectivity index (χ2v) is 11.6. The van der Waals surface area contributed by atoms with Gasteiger partial charge in [-0.2, -0.15) is 5.10 Å². The number of carbonyl (C=O) groups is 1. The number of halogens is 2. The Bertz CT molecular complexity index is 1390. The maximum Gasteiger partial charge on any atom is 0.227 e. The van der Waals surface area contributed by atoms with Crippen molar-refractivity contribution in [2.45, 2.75) is 82.6 Å². The van der Waals surface area contributed by atoms with Gasteiger partial charge >= 0.3 is 0 Å². The van der Waals surface area contributed by atoms with Gasteiger partial charge in [0.05, 0.1) is 34.9 Å². The highest BCUT2D eigenvalue weighted by molar-refractivity contribution is 5.95. The zero-order valence-electron chi connectivity index (χ0n) is 22.6. The quantitative estimate of drug-likeness (QED) is 0.461. The summed E-state index contributed by atoms with van der Waals surface area (Å²) in [5, 5.41) is 18.8. The van der Waals surface area contributed by atoms with Crippen molar-refractivity contribution in [3.8, 4) is 11.3 Å². The number of rotatable bonds is 4. The summed E-state index contributed by atoms with van der Waals surface area (Å²) in [6, 6.07) is 9.95. The summed E-state index contributed by atoms with van der Waals surface area (Å²) in [6.45, 7) is 3.93. The van der Waals surface area contributed by atoms with E-state index in [1.165, 1.54) is 6.07 Å². The number of amides is 1. The van der Waals surface area contributed by atoms with Crippen molar-refractivity contribution < 1.29 is 18.7 Å². The van der Waals surface area contributed by atoms with Crippen molar-refractivity contribution in [3.63, 3.8) is 0 Å². The van der Waals surface area contributed by atoms with E-state index >= 15 is 0 Å². The maximum atomic E-state index is 14.3. The molecule has 9 heteroatoms. The highest BCUT2D eigenvalue weighted by Crippen LogP contribution is 2.45. The first kappa shape index (κ1) is 25.8. The molecule has 2 aromatic carbocycles. The van der Waals surface area contributed by atoms with Crippen molar-refractivity contribution in [1.29, 1.82) is 0 Å². The molecule has 1 unspecified atom stereocenters. The molecule has 3 aromatic rings. The lowest BCUT2D eigenvalue weighted by atomic mass is 9.82. The number of carbonyl (C=O) groups excluding carboxylic acids is 1. The van der Waals surface area contributed by atoms with Crippen LogP contribution in [0.15, 0.2) is 42.6 Å². The van der Waals surface area contributed by atoms with Crippen molar-refractivity contribution in [2.24, 2.45) is 7.05 Å². The number of aromatic nitrogens is 2. The fourth-order valence-corrected chi connectivity index (χ4v) is 6.74. The minimum Gasteiger partial charge on any atom is -0.390 e. The van der Waals surface area contributed by atoms with Crippen molar-refractivity contribution >= 4 is 23.0 Å². The normalized spacial score (nSPS) is 27.0. The van der Waals surface area contributed by atoms with E-state index in [2.05, 4.69) is 33.5 Å². The summed E-state index contributed by atoms with van der Waals surface area (Å²) < 4.78 is 30.0. The van der Waals surface area contributed by atoms with E-state index in [0.717, 1.165) is 66.0 Å². The zero-order chi connectivity index (χ0) is 27.5. The van der Waals surface area contributed by atoms with Gasteiger partial charge in [0.15, 0.2) is 11.6 Å². The molecule has 2 N–H and O–H groups in total. The van der Waals surface area contributed by atoms with Gasteiger partial charge in [0, 0.05) is 36.8 Å². The predicted octanol–water partition coefficient (Wildman–Crippen LogP) is 5.51. The Balaban J connectivity index is 1.41. The van der Waals surface area contributed by atoms with E-state index in [1.54, 1.807) is 4.90 Å². The highest BCUT2D eigenvalue weighted by atomic mass is 19.2. The van der Waals surface area contributed by atoms with Crippen LogP contribution < -0.4 is 15.1 Å². The summed E-state index contributed by atoms with van der Waals surface area (Å²) in [6.07, 6.45) is 6.44. The molecule has 3 heterocycles. The van der Waals surface area contributed by atoms with Crippen LogP contribution in [0.25, 0.3) is 11.3 Å². The molecule has 0 radical (unpaired) electrons. The van der Waals surface area contributed by atoms with E-state index in [-0.39, 0.29) is 24.2 Å². The fraction of sp³-hybridized carbons (Fsp3) is 0.467. The van der Waals surface area contributed by atoms with E-state index in [9.17, 15) is 18.7 Å². The molecule has 1 aliphatic carbocycles. The standard InChI is InChI=1S/C30H35F2N5O2/c1-18-17-33-35(3)28(18)19-7-10-25-24(15-19)34-29(37(25)20-11-13-30(2,39)14-12-20)26-5-4-6-27(38)36(26)21-8-9-22(31)23(32)16-21/h7-10,15-17,20,26,29,34,39H,4-6,11-14H2,1-3H3/t20?,26?,29-,30?/m1/s1. The van der Waals surface area contributed by atoms with Gasteiger partial charge in [-0.25, -0.2) is 8.78 Å². The topological polar surface area (TPSA) is 73.6 Å². The third-order valence-electron chi connectivity index (χ3n) is 8.74. The molecule has 1 aromatic heterocycles. The lowest BCUT2D eigenvalue weighted by Crippen LogP contribution is -2.60. The minimum absolute atomic E-state index is 0.0901. The van der Waals surface area contributed by atoms with Gasteiger partial charge < -0.3 is 20.2 Å². The van der Waals surface area contributed by atoms with Crippen LogP contribution in [-0.4, -0.2) is 44.6 Å². The molecule has 0 bridgehead atoms. The van der Waals surface area contributed by atoms with Crippen LogP contribution in [0.5, 0.6) is 0 Å². The number of anilines is 3. The molecule has 2 fully saturated rings. The average Bonchev–Trinajstić information content (AvgIpc) is 3.44. The second kappa shape index (κ2) is 9.62. The van der Waals surface area contributed by atoms with E-state index in [1.807, 2.05) is 31.8 Å². The Morgan fingerprint density at radius 1 is 1.08 bits per heavy atom. The van der Waals surface area contributed by atoms with Crippen molar-refractivity contribution in [2.75, 3.05) is 15.1 Å². The van der Waals surface area contributed by atoms with Crippen LogP contribution in [0, 0.1) is 18.6 Å². The van der Waals surface area contributed by atoms with Gasteiger partial charge in [0.2, 0.25) is 5.91 Å². The van der Waals surface area contributed by atoms with Gasteiger partial charge in [0.25, 0.3) is 0 Å². The smallest absolute Gasteiger partial charge is 0.227 e. The van der Waals surface area contributed by atoms with Crippen LogP contribution in [0.3, 0.4) is 0 Å². The Hall–Kier alpha value is -3.46.